The van der Waals surface area contributed by atoms with Crippen molar-refractivity contribution in [2.45, 2.75) is 39.2 Å². The minimum atomic E-state index is 0.229. The maximum atomic E-state index is 10.4. The van der Waals surface area contributed by atoms with E-state index in [-0.39, 0.29) is 5.92 Å². The molecule has 0 heterocycles. The van der Waals surface area contributed by atoms with Crippen LogP contribution < -0.4 is 0 Å². The van der Waals surface area contributed by atoms with Crippen LogP contribution in [-0.2, 0) is 0 Å². The third-order valence-corrected chi connectivity index (χ3v) is 5.15. The van der Waals surface area contributed by atoms with Crippen LogP contribution in [0.1, 0.15) is 42.9 Å². The number of rotatable bonds is 6. The fraction of sp³-hybridized carbons (Fsp3) is 0.429. The smallest absolute Gasteiger partial charge is 0.119 e. The van der Waals surface area contributed by atoms with Crippen molar-refractivity contribution in [3.8, 4) is 5.75 Å². The number of aromatic hydroxyl groups is 1. The Labute approximate surface area is 141 Å². The van der Waals surface area contributed by atoms with E-state index >= 15 is 0 Å². The van der Waals surface area contributed by atoms with Gasteiger partial charge in [0.15, 0.2) is 0 Å². The Kier molecular flexibility index (Phi) is 5.48. The number of phenols is 1. The van der Waals surface area contributed by atoms with Gasteiger partial charge in [0.1, 0.15) is 5.75 Å². The first-order chi connectivity index (χ1) is 10.8. The molecule has 0 radical (unpaired) electrons. The van der Waals surface area contributed by atoms with Gasteiger partial charge in [-0.1, -0.05) is 48.0 Å². The van der Waals surface area contributed by atoms with Crippen molar-refractivity contribution < 1.29 is 9.59 Å². The fourth-order valence-electron chi connectivity index (χ4n) is 2.86. The SMILES string of the molecule is Cc1ccc(O)c([C@H](CC[N+](C)(C)C(C)C)c2ccccc2)c1. The summed E-state index contributed by atoms with van der Waals surface area (Å²) in [5.74, 6) is 0.631. The maximum Gasteiger partial charge on any atom is 0.119 e. The lowest BCUT2D eigenvalue weighted by molar-refractivity contribution is -0.911. The van der Waals surface area contributed by atoms with Crippen LogP contribution in [-0.4, -0.2) is 36.3 Å². The summed E-state index contributed by atoms with van der Waals surface area (Å²) < 4.78 is 0.982. The van der Waals surface area contributed by atoms with E-state index in [0.29, 0.717) is 11.8 Å². The van der Waals surface area contributed by atoms with Crippen LogP contribution in [0.3, 0.4) is 0 Å². The number of aryl methyl sites for hydroxylation is 1. The van der Waals surface area contributed by atoms with Crippen molar-refractivity contribution in [2.75, 3.05) is 20.6 Å². The van der Waals surface area contributed by atoms with Crippen LogP contribution >= 0.6 is 0 Å². The zero-order valence-corrected chi connectivity index (χ0v) is 15.1. The molecule has 0 spiro atoms. The second-order valence-corrected chi connectivity index (χ2v) is 7.41. The molecule has 0 bridgehead atoms. The number of hydrogen-bond acceptors (Lipinski definition) is 1. The highest BCUT2D eigenvalue weighted by molar-refractivity contribution is 5.43. The molecule has 0 aliphatic heterocycles. The normalized spacial score (nSPS) is 13.3. The summed E-state index contributed by atoms with van der Waals surface area (Å²) in [7, 11) is 4.56. The van der Waals surface area contributed by atoms with E-state index < -0.39 is 0 Å². The van der Waals surface area contributed by atoms with Crippen molar-refractivity contribution in [1.29, 1.82) is 0 Å². The lowest BCUT2D eigenvalue weighted by Gasteiger charge is -2.35. The molecule has 1 N–H and O–H groups in total. The summed E-state index contributed by atoms with van der Waals surface area (Å²) in [4.78, 5) is 0. The van der Waals surface area contributed by atoms with E-state index in [1.165, 1.54) is 11.1 Å². The van der Waals surface area contributed by atoms with E-state index in [1.807, 2.05) is 18.2 Å². The Morgan fingerprint density at radius 2 is 1.65 bits per heavy atom. The highest BCUT2D eigenvalue weighted by Crippen LogP contribution is 2.35. The number of phenolic OH excluding ortho intramolecular Hbond substituents is 1. The van der Waals surface area contributed by atoms with E-state index in [4.69, 9.17) is 0 Å². The van der Waals surface area contributed by atoms with E-state index in [9.17, 15) is 5.11 Å². The van der Waals surface area contributed by atoms with Gasteiger partial charge in [-0.2, -0.15) is 0 Å². The molecule has 0 unspecified atom stereocenters. The molecular formula is C21H30NO+. The van der Waals surface area contributed by atoms with Crippen LogP contribution in [0, 0.1) is 6.92 Å². The van der Waals surface area contributed by atoms with Gasteiger partial charge < -0.3 is 9.59 Å². The molecule has 0 aliphatic rings. The molecule has 1 atom stereocenters. The fourth-order valence-corrected chi connectivity index (χ4v) is 2.86. The second kappa shape index (κ2) is 7.18. The molecule has 0 fully saturated rings. The van der Waals surface area contributed by atoms with Crippen LogP contribution in [0.4, 0.5) is 0 Å². The Balaban J connectivity index is 2.35. The minimum absolute atomic E-state index is 0.229. The molecule has 2 rings (SSSR count). The standard InChI is InChI=1S/C21H29NO/c1-16(2)22(4,5)14-13-19(18-9-7-6-8-10-18)20-15-17(3)11-12-21(20)23/h6-12,15-16,19H,13-14H2,1-5H3/p+1/t19-/m1/s1. The Morgan fingerprint density at radius 3 is 2.26 bits per heavy atom. The quantitative estimate of drug-likeness (QED) is 0.766. The molecule has 0 amide bonds. The minimum Gasteiger partial charge on any atom is -0.508 e. The predicted molar refractivity (Wildman–Crippen MR) is 97.9 cm³/mol. The summed E-state index contributed by atoms with van der Waals surface area (Å²) in [6.45, 7) is 7.69. The van der Waals surface area contributed by atoms with Crippen LogP contribution in [0.2, 0.25) is 0 Å². The van der Waals surface area contributed by atoms with Crippen molar-refractivity contribution in [3.63, 3.8) is 0 Å². The molecule has 0 aliphatic carbocycles. The van der Waals surface area contributed by atoms with Gasteiger partial charge in [-0.25, -0.2) is 0 Å². The Morgan fingerprint density at radius 1 is 1.00 bits per heavy atom. The third-order valence-electron chi connectivity index (χ3n) is 5.15. The van der Waals surface area contributed by atoms with Gasteiger partial charge >= 0.3 is 0 Å². The van der Waals surface area contributed by atoms with Gasteiger partial charge in [-0.3, -0.25) is 0 Å². The molecule has 2 nitrogen and oxygen atoms in total. The van der Waals surface area contributed by atoms with Crippen LogP contribution in [0.15, 0.2) is 48.5 Å². The first-order valence-electron chi connectivity index (χ1n) is 8.48. The average Bonchev–Trinajstić information content (AvgIpc) is 2.51. The van der Waals surface area contributed by atoms with Crippen molar-refractivity contribution in [3.05, 3.63) is 65.2 Å². The number of benzene rings is 2. The van der Waals surface area contributed by atoms with Crippen LogP contribution in [0.5, 0.6) is 5.75 Å². The Bertz CT molecular complexity index is 632. The van der Waals surface area contributed by atoms with Crippen LogP contribution in [0.25, 0.3) is 0 Å². The second-order valence-electron chi connectivity index (χ2n) is 7.41. The van der Waals surface area contributed by atoms with Crippen molar-refractivity contribution >= 4 is 0 Å². The highest BCUT2D eigenvalue weighted by atomic mass is 16.3. The largest absolute Gasteiger partial charge is 0.508 e. The average molecular weight is 312 g/mol. The summed E-state index contributed by atoms with van der Waals surface area (Å²) in [6.07, 6.45) is 1.02. The van der Waals surface area contributed by atoms with Gasteiger partial charge in [-0.05, 0) is 32.4 Å². The zero-order chi connectivity index (χ0) is 17.0. The van der Waals surface area contributed by atoms with Gasteiger partial charge in [0.2, 0.25) is 0 Å². The molecule has 2 aromatic rings. The van der Waals surface area contributed by atoms with Gasteiger partial charge in [0.25, 0.3) is 0 Å². The van der Waals surface area contributed by atoms with Gasteiger partial charge in [0.05, 0.1) is 26.7 Å². The first-order valence-corrected chi connectivity index (χ1v) is 8.48. The van der Waals surface area contributed by atoms with Crippen molar-refractivity contribution in [1.82, 2.24) is 0 Å². The van der Waals surface area contributed by atoms with E-state index in [0.717, 1.165) is 23.0 Å². The summed E-state index contributed by atoms with van der Waals surface area (Å²) in [5.41, 5.74) is 3.51. The van der Waals surface area contributed by atoms with E-state index in [1.54, 1.807) is 0 Å². The number of hydrogen-bond donors (Lipinski definition) is 1. The monoisotopic (exact) mass is 312 g/mol. The number of quaternary nitrogens is 1. The number of nitrogens with zero attached hydrogens (tertiary/aromatic N) is 1. The lowest BCUT2D eigenvalue weighted by Crippen LogP contribution is -2.46. The molecular weight excluding hydrogens is 282 g/mol. The summed E-state index contributed by atoms with van der Waals surface area (Å²) >= 11 is 0. The molecule has 0 aromatic heterocycles. The molecule has 0 saturated carbocycles. The summed E-state index contributed by atoms with van der Waals surface area (Å²) in [6, 6.07) is 17.0. The first kappa shape index (κ1) is 17.6. The highest BCUT2D eigenvalue weighted by Gasteiger charge is 2.25. The topological polar surface area (TPSA) is 20.2 Å². The maximum absolute atomic E-state index is 10.4. The molecule has 124 valence electrons. The third kappa shape index (κ3) is 4.35. The molecule has 0 saturated heterocycles. The van der Waals surface area contributed by atoms with Crippen molar-refractivity contribution in [2.24, 2.45) is 0 Å². The van der Waals surface area contributed by atoms with Gasteiger partial charge in [-0.15, -0.1) is 0 Å². The predicted octanol–water partition coefficient (Wildman–Crippen LogP) is 4.71. The molecule has 23 heavy (non-hydrogen) atoms. The zero-order valence-electron chi connectivity index (χ0n) is 15.1. The Hall–Kier alpha value is -1.80. The molecule has 2 heteroatoms. The summed E-state index contributed by atoms with van der Waals surface area (Å²) in [5, 5.41) is 10.4. The lowest BCUT2D eigenvalue weighted by atomic mass is 9.86. The molecule has 2 aromatic carbocycles. The van der Waals surface area contributed by atoms with Gasteiger partial charge in [0, 0.05) is 17.9 Å². The van der Waals surface area contributed by atoms with E-state index in [2.05, 4.69) is 65.2 Å².